The second-order valence-electron chi connectivity index (χ2n) is 3.54. The molecule has 0 aliphatic rings. The number of methoxy groups -OCH3 is 3. The minimum absolute atomic E-state index is 0.0313. The molecule has 0 saturated heterocycles. The standard InChI is InChI=1S/C13H18O5/c1-5-9(14)8-18-10-6-11(15-2)13(17-4)12(7-10)16-3/h6-7H,5,8H2,1-4H3. The zero-order valence-electron chi connectivity index (χ0n) is 11.1. The van der Waals surface area contributed by atoms with Crippen LogP contribution >= 0.6 is 0 Å². The summed E-state index contributed by atoms with van der Waals surface area (Å²) in [5, 5.41) is 0. The van der Waals surface area contributed by atoms with E-state index in [4.69, 9.17) is 18.9 Å². The van der Waals surface area contributed by atoms with E-state index in [0.717, 1.165) is 0 Å². The van der Waals surface area contributed by atoms with E-state index in [-0.39, 0.29) is 12.4 Å². The first-order valence-electron chi connectivity index (χ1n) is 5.60. The van der Waals surface area contributed by atoms with Crippen molar-refractivity contribution in [2.75, 3.05) is 27.9 Å². The molecule has 0 heterocycles. The highest BCUT2D eigenvalue weighted by molar-refractivity contribution is 5.79. The molecule has 0 radical (unpaired) electrons. The topological polar surface area (TPSA) is 54.0 Å². The Bertz CT molecular complexity index is 389. The lowest BCUT2D eigenvalue weighted by molar-refractivity contribution is -0.120. The van der Waals surface area contributed by atoms with Crippen molar-refractivity contribution in [1.29, 1.82) is 0 Å². The van der Waals surface area contributed by atoms with Crippen LogP contribution in [0.25, 0.3) is 0 Å². The maximum atomic E-state index is 11.2. The van der Waals surface area contributed by atoms with Gasteiger partial charge >= 0.3 is 0 Å². The molecule has 0 aromatic heterocycles. The Morgan fingerprint density at radius 1 is 1.06 bits per heavy atom. The van der Waals surface area contributed by atoms with Crippen LogP contribution in [0, 0.1) is 0 Å². The lowest BCUT2D eigenvalue weighted by atomic mass is 10.2. The van der Waals surface area contributed by atoms with Gasteiger partial charge in [-0.3, -0.25) is 4.79 Å². The number of ether oxygens (including phenoxy) is 4. The molecule has 0 saturated carbocycles. The van der Waals surface area contributed by atoms with E-state index in [1.165, 1.54) is 21.3 Å². The molecule has 18 heavy (non-hydrogen) atoms. The Hall–Kier alpha value is -1.91. The third-order valence-electron chi connectivity index (χ3n) is 2.43. The summed E-state index contributed by atoms with van der Waals surface area (Å²) in [6.45, 7) is 1.83. The average molecular weight is 254 g/mol. The van der Waals surface area contributed by atoms with E-state index in [9.17, 15) is 4.79 Å². The van der Waals surface area contributed by atoms with Crippen molar-refractivity contribution in [3.05, 3.63) is 12.1 Å². The number of hydrogen-bond donors (Lipinski definition) is 0. The minimum Gasteiger partial charge on any atom is -0.493 e. The summed E-state index contributed by atoms with van der Waals surface area (Å²) >= 11 is 0. The number of carbonyl (C=O) groups is 1. The zero-order valence-corrected chi connectivity index (χ0v) is 11.1. The van der Waals surface area contributed by atoms with Crippen LogP contribution in [-0.2, 0) is 4.79 Å². The Morgan fingerprint density at radius 2 is 1.61 bits per heavy atom. The van der Waals surface area contributed by atoms with Gasteiger partial charge in [0, 0.05) is 18.6 Å². The molecule has 0 aliphatic carbocycles. The smallest absolute Gasteiger partial charge is 0.203 e. The normalized spacial score (nSPS) is 9.78. The predicted molar refractivity (Wildman–Crippen MR) is 66.9 cm³/mol. The van der Waals surface area contributed by atoms with Crippen LogP contribution in [0.2, 0.25) is 0 Å². The fourth-order valence-electron chi connectivity index (χ4n) is 1.41. The molecule has 0 fully saturated rings. The Kier molecular flexibility index (Phi) is 5.30. The van der Waals surface area contributed by atoms with Crippen LogP contribution in [0.3, 0.4) is 0 Å². The second-order valence-corrected chi connectivity index (χ2v) is 3.54. The molecular formula is C13H18O5. The van der Waals surface area contributed by atoms with Crippen molar-refractivity contribution in [2.45, 2.75) is 13.3 Å². The first kappa shape index (κ1) is 14.2. The first-order chi connectivity index (χ1) is 8.65. The lowest BCUT2D eigenvalue weighted by Crippen LogP contribution is -2.09. The van der Waals surface area contributed by atoms with E-state index in [0.29, 0.717) is 29.4 Å². The van der Waals surface area contributed by atoms with Crippen molar-refractivity contribution in [1.82, 2.24) is 0 Å². The van der Waals surface area contributed by atoms with Crippen LogP contribution in [-0.4, -0.2) is 33.7 Å². The van der Waals surface area contributed by atoms with Crippen LogP contribution < -0.4 is 18.9 Å². The summed E-state index contributed by atoms with van der Waals surface area (Å²) < 4.78 is 20.9. The third kappa shape index (κ3) is 3.29. The first-order valence-corrected chi connectivity index (χ1v) is 5.60. The quantitative estimate of drug-likeness (QED) is 0.745. The van der Waals surface area contributed by atoms with E-state index >= 15 is 0 Å². The molecule has 0 atom stereocenters. The fraction of sp³-hybridized carbons (Fsp3) is 0.462. The molecule has 0 bridgehead atoms. The highest BCUT2D eigenvalue weighted by Gasteiger charge is 2.14. The van der Waals surface area contributed by atoms with Gasteiger partial charge in [0.1, 0.15) is 12.4 Å². The van der Waals surface area contributed by atoms with Crippen LogP contribution in [0.4, 0.5) is 0 Å². The van der Waals surface area contributed by atoms with Gasteiger partial charge < -0.3 is 18.9 Å². The number of hydrogen-bond acceptors (Lipinski definition) is 5. The molecule has 1 aromatic rings. The van der Waals surface area contributed by atoms with E-state index in [2.05, 4.69) is 0 Å². The molecule has 0 amide bonds. The van der Waals surface area contributed by atoms with E-state index in [1.54, 1.807) is 19.1 Å². The molecule has 5 nitrogen and oxygen atoms in total. The number of ketones is 1. The molecule has 5 heteroatoms. The van der Waals surface area contributed by atoms with Crippen LogP contribution in [0.5, 0.6) is 23.0 Å². The zero-order chi connectivity index (χ0) is 13.5. The third-order valence-corrected chi connectivity index (χ3v) is 2.43. The molecule has 1 rings (SSSR count). The average Bonchev–Trinajstić information content (AvgIpc) is 2.43. The highest BCUT2D eigenvalue weighted by Crippen LogP contribution is 2.40. The van der Waals surface area contributed by atoms with Crippen LogP contribution in [0.1, 0.15) is 13.3 Å². The van der Waals surface area contributed by atoms with Gasteiger partial charge in [-0.1, -0.05) is 6.92 Å². The maximum Gasteiger partial charge on any atom is 0.203 e. The van der Waals surface area contributed by atoms with Crippen molar-refractivity contribution >= 4 is 5.78 Å². The van der Waals surface area contributed by atoms with Crippen molar-refractivity contribution < 1.29 is 23.7 Å². The fourth-order valence-corrected chi connectivity index (χ4v) is 1.41. The summed E-state index contributed by atoms with van der Waals surface area (Å²) in [5.74, 6) is 2.02. The molecule has 0 aliphatic heterocycles. The second kappa shape index (κ2) is 6.74. The summed E-state index contributed by atoms with van der Waals surface area (Å²) in [6.07, 6.45) is 0.449. The van der Waals surface area contributed by atoms with Crippen LogP contribution in [0.15, 0.2) is 12.1 Å². The predicted octanol–water partition coefficient (Wildman–Crippen LogP) is 2.07. The molecule has 0 N–H and O–H groups in total. The van der Waals surface area contributed by atoms with Gasteiger partial charge in [0.25, 0.3) is 0 Å². The molecule has 1 aromatic carbocycles. The van der Waals surface area contributed by atoms with Gasteiger partial charge in [-0.2, -0.15) is 0 Å². The Labute approximate surface area is 107 Å². The number of carbonyl (C=O) groups excluding carboxylic acids is 1. The summed E-state index contributed by atoms with van der Waals surface area (Å²) in [7, 11) is 4.58. The number of benzene rings is 1. The SMILES string of the molecule is CCC(=O)COc1cc(OC)c(OC)c(OC)c1. The largest absolute Gasteiger partial charge is 0.493 e. The van der Waals surface area contributed by atoms with Gasteiger partial charge in [-0.05, 0) is 0 Å². The van der Waals surface area contributed by atoms with Gasteiger partial charge in [0.2, 0.25) is 5.75 Å². The summed E-state index contributed by atoms with van der Waals surface area (Å²) in [6, 6.07) is 3.31. The van der Waals surface area contributed by atoms with Crippen molar-refractivity contribution in [2.24, 2.45) is 0 Å². The van der Waals surface area contributed by atoms with Gasteiger partial charge in [0.15, 0.2) is 17.3 Å². The number of rotatable bonds is 7. The summed E-state index contributed by atoms with van der Waals surface area (Å²) in [5.41, 5.74) is 0. The molecule has 0 unspecified atom stereocenters. The Balaban J connectivity index is 2.96. The van der Waals surface area contributed by atoms with Crippen molar-refractivity contribution in [3.8, 4) is 23.0 Å². The maximum absolute atomic E-state index is 11.2. The number of Topliss-reactive ketones (excluding diaryl/α,β-unsaturated/α-hetero) is 1. The van der Waals surface area contributed by atoms with E-state index < -0.39 is 0 Å². The highest BCUT2D eigenvalue weighted by atomic mass is 16.5. The minimum atomic E-state index is 0.0313. The van der Waals surface area contributed by atoms with Gasteiger partial charge in [-0.15, -0.1) is 0 Å². The molecular weight excluding hydrogens is 236 g/mol. The van der Waals surface area contributed by atoms with Crippen molar-refractivity contribution in [3.63, 3.8) is 0 Å². The van der Waals surface area contributed by atoms with E-state index in [1.807, 2.05) is 0 Å². The summed E-state index contributed by atoms with van der Waals surface area (Å²) in [4.78, 5) is 11.2. The lowest BCUT2D eigenvalue weighted by Gasteiger charge is -2.14. The van der Waals surface area contributed by atoms with Gasteiger partial charge in [-0.25, -0.2) is 0 Å². The molecule has 0 spiro atoms. The van der Waals surface area contributed by atoms with Gasteiger partial charge in [0.05, 0.1) is 21.3 Å². The molecule has 100 valence electrons. The Morgan fingerprint density at radius 3 is 2.00 bits per heavy atom. The monoisotopic (exact) mass is 254 g/mol.